The Bertz CT molecular complexity index is 382. The van der Waals surface area contributed by atoms with Crippen LogP contribution in [0.3, 0.4) is 0 Å². The van der Waals surface area contributed by atoms with Crippen LogP contribution in [0.2, 0.25) is 0 Å². The van der Waals surface area contributed by atoms with Crippen molar-refractivity contribution in [3.05, 3.63) is 23.8 Å². The van der Waals surface area contributed by atoms with Crippen LogP contribution in [0, 0.1) is 0 Å². The zero-order valence-electron chi connectivity index (χ0n) is 9.97. The maximum absolute atomic E-state index is 9.76. The third kappa shape index (κ3) is 2.90. The Morgan fingerprint density at radius 3 is 2.82 bits per heavy atom. The Labute approximate surface area is 102 Å². The molecule has 4 N–H and O–H groups in total. The molecule has 0 spiro atoms. The van der Waals surface area contributed by atoms with Crippen LogP contribution in [0.1, 0.15) is 24.8 Å². The maximum Gasteiger partial charge on any atom is 0.123 e. The number of phenolic OH excluding ortho intramolecular Hbond substituents is 2. The summed E-state index contributed by atoms with van der Waals surface area (Å²) in [6.45, 7) is 2.40. The minimum Gasteiger partial charge on any atom is -0.508 e. The summed E-state index contributed by atoms with van der Waals surface area (Å²) in [5.74, 6) is 0.256. The lowest BCUT2D eigenvalue weighted by Crippen LogP contribution is -2.43. The smallest absolute Gasteiger partial charge is 0.123 e. The molecule has 1 fully saturated rings. The van der Waals surface area contributed by atoms with E-state index in [1.54, 1.807) is 12.1 Å². The third-order valence-corrected chi connectivity index (χ3v) is 3.46. The van der Waals surface area contributed by atoms with Gasteiger partial charge in [0.25, 0.3) is 0 Å². The van der Waals surface area contributed by atoms with Crippen molar-refractivity contribution in [1.29, 1.82) is 0 Å². The fourth-order valence-electron chi connectivity index (χ4n) is 2.44. The van der Waals surface area contributed by atoms with Gasteiger partial charge in [0.1, 0.15) is 11.5 Å². The Hall–Kier alpha value is -1.26. The van der Waals surface area contributed by atoms with Gasteiger partial charge in [0.2, 0.25) is 0 Å². The van der Waals surface area contributed by atoms with Gasteiger partial charge < -0.3 is 15.9 Å². The number of nitrogens with zero attached hydrogens (tertiary/aromatic N) is 1. The van der Waals surface area contributed by atoms with E-state index in [1.165, 1.54) is 18.9 Å². The number of hydrogen-bond acceptors (Lipinski definition) is 4. The van der Waals surface area contributed by atoms with Gasteiger partial charge in [-0.15, -0.1) is 0 Å². The van der Waals surface area contributed by atoms with Crippen LogP contribution in [0.15, 0.2) is 18.2 Å². The molecule has 1 aromatic rings. The molecule has 0 radical (unpaired) electrons. The van der Waals surface area contributed by atoms with Crippen LogP contribution < -0.4 is 5.73 Å². The first-order valence-corrected chi connectivity index (χ1v) is 6.15. The topological polar surface area (TPSA) is 69.7 Å². The first kappa shape index (κ1) is 12.2. The SMILES string of the molecule is NCC1CCCCN1Cc1ccc(O)cc1O. The fourth-order valence-corrected chi connectivity index (χ4v) is 2.44. The van der Waals surface area contributed by atoms with Gasteiger partial charge >= 0.3 is 0 Å². The van der Waals surface area contributed by atoms with Crippen molar-refractivity contribution in [3.8, 4) is 11.5 Å². The molecule has 1 unspecified atom stereocenters. The van der Waals surface area contributed by atoms with E-state index in [2.05, 4.69) is 4.90 Å². The third-order valence-electron chi connectivity index (χ3n) is 3.46. The highest BCUT2D eigenvalue weighted by Crippen LogP contribution is 2.26. The molecule has 1 heterocycles. The van der Waals surface area contributed by atoms with Gasteiger partial charge in [-0.05, 0) is 25.5 Å². The van der Waals surface area contributed by atoms with E-state index in [-0.39, 0.29) is 11.5 Å². The molecule has 0 aliphatic carbocycles. The zero-order valence-corrected chi connectivity index (χ0v) is 9.97. The van der Waals surface area contributed by atoms with E-state index in [0.717, 1.165) is 18.5 Å². The average molecular weight is 236 g/mol. The molecular weight excluding hydrogens is 216 g/mol. The number of phenols is 2. The van der Waals surface area contributed by atoms with Crippen LogP contribution in [0.25, 0.3) is 0 Å². The van der Waals surface area contributed by atoms with Gasteiger partial charge in [0, 0.05) is 30.8 Å². The molecular formula is C13H20N2O2. The molecule has 1 aliphatic rings. The van der Waals surface area contributed by atoms with Crippen molar-refractivity contribution in [2.75, 3.05) is 13.1 Å². The quantitative estimate of drug-likeness (QED) is 0.742. The number of aromatic hydroxyl groups is 2. The summed E-state index contributed by atoms with van der Waals surface area (Å²) in [7, 11) is 0. The van der Waals surface area contributed by atoms with Gasteiger partial charge in [-0.1, -0.05) is 12.5 Å². The second-order valence-corrected chi connectivity index (χ2v) is 4.67. The van der Waals surface area contributed by atoms with E-state index in [1.807, 2.05) is 0 Å². The predicted molar refractivity (Wildman–Crippen MR) is 66.9 cm³/mol. The molecule has 0 bridgehead atoms. The molecule has 2 rings (SSSR count). The second kappa shape index (κ2) is 5.38. The molecule has 0 aromatic heterocycles. The zero-order chi connectivity index (χ0) is 12.3. The van der Waals surface area contributed by atoms with E-state index in [9.17, 15) is 10.2 Å². The largest absolute Gasteiger partial charge is 0.508 e. The van der Waals surface area contributed by atoms with Crippen LogP contribution in [0.4, 0.5) is 0 Å². The van der Waals surface area contributed by atoms with Crippen molar-refractivity contribution >= 4 is 0 Å². The summed E-state index contributed by atoms with van der Waals surface area (Å²) in [6.07, 6.45) is 3.56. The van der Waals surface area contributed by atoms with Crippen molar-refractivity contribution in [3.63, 3.8) is 0 Å². The minimum absolute atomic E-state index is 0.0975. The Morgan fingerprint density at radius 1 is 1.29 bits per heavy atom. The highest BCUT2D eigenvalue weighted by atomic mass is 16.3. The first-order chi connectivity index (χ1) is 8.20. The summed E-state index contributed by atoms with van der Waals surface area (Å²) in [6, 6.07) is 5.18. The molecule has 17 heavy (non-hydrogen) atoms. The summed E-state index contributed by atoms with van der Waals surface area (Å²) >= 11 is 0. The average Bonchev–Trinajstić information content (AvgIpc) is 2.33. The van der Waals surface area contributed by atoms with E-state index >= 15 is 0 Å². The van der Waals surface area contributed by atoms with E-state index in [0.29, 0.717) is 19.1 Å². The molecule has 1 aromatic carbocycles. The first-order valence-electron chi connectivity index (χ1n) is 6.15. The lowest BCUT2D eigenvalue weighted by molar-refractivity contribution is 0.143. The van der Waals surface area contributed by atoms with Crippen molar-refractivity contribution in [2.45, 2.75) is 31.8 Å². The van der Waals surface area contributed by atoms with Crippen LogP contribution in [-0.4, -0.2) is 34.2 Å². The second-order valence-electron chi connectivity index (χ2n) is 4.67. The predicted octanol–water partition coefficient (Wildman–Crippen LogP) is 1.41. The highest BCUT2D eigenvalue weighted by Gasteiger charge is 2.21. The molecule has 1 aliphatic heterocycles. The van der Waals surface area contributed by atoms with Gasteiger partial charge in [-0.25, -0.2) is 0 Å². The Kier molecular flexibility index (Phi) is 3.86. The normalized spacial score (nSPS) is 21.6. The minimum atomic E-state index is 0.0975. The van der Waals surface area contributed by atoms with Crippen molar-refractivity contribution in [2.24, 2.45) is 5.73 Å². The molecule has 0 saturated carbocycles. The molecule has 4 heteroatoms. The summed E-state index contributed by atoms with van der Waals surface area (Å²) in [5.41, 5.74) is 6.62. The number of rotatable bonds is 3. The number of benzene rings is 1. The molecule has 4 nitrogen and oxygen atoms in total. The van der Waals surface area contributed by atoms with Gasteiger partial charge in [0.15, 0.2) is 0 Å². The Morgan fingerprint density at radius 2 is 2.12 bits per heavy atom. The highest BCUT2D eigenvalue weighted by molar-refractivity contribution is 5.38. The van der Waals surface area contributed by atoms with Crippen LogP contribution in [-0.2, 0) is 6.54 Å². The summed E-state index contributed by atoms with van der Waals surface area (Å²) < 4.78 is 0. The number of nitrogens with two attached hydrogens (primary N) is 1. The van der Waals surface area contributed by atoms with E-state index in [4.69, 9.17) is 5.73 Å². The van der Waals surface area contributed by atoms with Gasteiger partial charge in [0.05, 0.1) is 0 Å². The van der Waals surface area contributed by atoms with Gasteiger partial charge in [-0.3, -0.25) is 4.90 Å². The number of hydrogen-bond donors (Lipinski definition) is 3. The number of piperidine rings is 1. The lowest BCUT2D eigenvalue weighted by Gasteiger charge is -2.35. The summed E-state index contributed by atoms with van der Waals surface area (Å²) in [5, 5.41) is 19.0. The molecule has 94 valence electrons. The monoisotopic (exact) mass is 236 g/mol. The van der Waals surface area contributed by atoms with E-state index < -0.39 is 0 Å². The molecule has 1 saturated heterocycles. The van der Waals surface area contributed by atoms with Crippen molar-refractivity contribution in [1.82, 2.24) is 4.90 Å². The van der Waals surface area contributed by atoms with Crippen molar-refractivity contribution < 1.29 is 10.2 Å². The summed E-state index contributed by atoms with van der Waals surface area (Å²) in [4.78, 5) is 2.32. The maximum atomic E-state index is 9.76. The molecule has 0 amide bonds. The van der Waals surface area contributed by atoms with Gasteiger partial charge in [-0.2, -0.15) is 0 Å². The Balaban J connectivity index is 2.08. The van der Waals surface area contributed by atoms with Crippen LogP contribution in [0.5, 0.6) is 11.5 Å². The molecule has 1 atom stereocenters. The number of likely N-dealkylation sites (tertiary alicyclic amines) is 1. The fraction of sp³-hybridized carbons (Fsp3) is 0.538. The van der Waals surface area contributed by atoms with Crippen LogP contribution >= 0.6 is 0 Å². The lowest BCUT2D eigenvalue weighted by atomic mass is 10.0. The standard InChI is InChI=1S/C13H20N2O2/c14-8-11-3-1-2-6-15(11)9-10-4-5-12(16)7-13(10)17/h4-5,7,11,16-17H,1-3,6,8-9,14H2.